The first-order valence-electron chi connectivity index (χ1n) is 10.0. The molecule has 1 N–H and O–H groups in total. The molecule has 176 valence electrons. The van der Waals surface area contributed by atoms with E-state index in [1.807, 2.05) is 0 Å². The van der Waals surface area contributed by atoms with E-state index in [9.17, 15) is 27.2 Å². The van der Waals surface area contributed by atoms with E-state index < -0.39 is 35.7 Å². The van der Waals surface area contributed by atoms with E-state index in [4.69, 9.17) is 16.3 Å². The van der Waals surface area contributed by atoms with Crippen molar-refractivity contribution in [1.29, 1.82) is 0 Å². The second-order valence-electron chi connectivity index (χ2n) is 7.85. The van der Waals surface area contributed by atoms with Gasteiger partial charge in [0.15, 0.2) is 11.6 Å². The molecular formula is C22H15ClF4N4O3. The van der Waals surface area contributed by atoms with Crippen LogP contribution in [0, 0.1) is 11.6 Å². The molecule has 34 heavy (non-hydrogen) atoms. The summed E-state index contributed by atoms with van der Waals surface area (Å²) < 4.78 is 60.0. The molecule has 0 radical (unpaired) electrons. The number of nitrogens with zero attached hydrogens (tertiary/aromatic N) is 3. The Labute approximate surface area is 193 Å². The fourth-order valence-corrected chi connectivity index (χ4v) is 4.49. The fourth-order valence-electron chi connectivity index (χ4n) is 4.23. The van der Waals surface area contributed by atoms with Gasteiger partial charge in [-0.3, -0.25) is 9.59 Å². The summed E-state index contributed by atoms with van der Waals surface area (Å²) in [5.74, 6) is -2.80. The Morgan fingerprint density at radius 2 is 1.91 bits per heavy atom. The third kappa shape index (κ3) is 3.43. The van der Waals surface area contributed by atoms with Gasteiger partial charge in [0.1, 0.15) is 5.15 Å². The van der Waals surface area contributed by atoms with Crippen molar-refractivity contribution >= 4 is 39.2 Å². The van der Waals surface area contributed by atoms with Gasteiger partial charge >= 0.3 is 6.55 Å². The maximum Gasteiger partial charge on any atom is 0.334 e. The van der Waals surface area contributed by atoms with Crippen LogP contribution in [0.4, 0.5) is 17.6 Å². The number of halogens is 5. The molecule has 0 saturated carbocycles. The van der Waals surface area contributed by atoms with Crippen molar-refractivity contribution in [3.63, 3.8) is 0 Å². The number of rotatable bonds is 3. The summed E-state index contributed by atoms with van der Waals surface area (Å²) in [5, 5.41) is 3.70. The topological polar surface area (TPSA) is 80.2 Å². The molecule has 0 fully saturated rings. The zero-order chi connectivity index (χ0) is 24.3. The number of H-pyrrole nitrogens is 1. The Hall–Kier alpha value is -3.44. The maximum atomic E-state index is 14.1. The molecule has 2 aromatic carbocycles. The van der Waals surface area contributed by atoms with E-state index in [0.717, 1.165) is 12.1 Å². The van der Waals surface area contributed by atoms with Gasteiger partial charge in [0.25, 0.3) is 11.5 Å². The number of likely N-dealkylation sites (N-methyl/N-ethyl adjacent to an activating group) is 1. The lowest BCUT2D eigenvalue weighted by Crippen LogP contribution is -2.37. The van der Waals surface area contributed by atoms with Crippen molar-refractivity contribution in [1.82, 2.24) is 19.7 Å². The highest BCUT2D eigenvalue weighted by molar-refractivity contribution is 6.34. The predicted molar refractivity (Wildman–Crippen MR) is 115 cm³/mol. The van der Waals surface area contributed by atoms with Crippen LogP contribution in [0.1, 0.15) is 34.2 Å². The first kappa shape index (κ1) is 22.4. The van der Waals surface area contributed by atoms with Crippen molar-refractivity contribution in [2.24, 2.45) is 0 Å². The normalized spacial score (nSPS) is 15.8. The van der Waals surface area contributed by atoms with E-state index in [-0.39, 0.29) is 45.6 Å². The Bertz CT molecular complexity index is 1530. The number of hydrogen-bond acceptors (Lipinski definition) is 4. The number of alkyl halides is 2. The number of amides is 1. The first-order valence-corrected chi connectivity index (χ1v) is 10.4. The molecular weight excluding hydrogens is 480 g/mol. The molecule has 5 rings (SSSR count). The smallest absolute Gasteiger partial charge is 0.334 e. The van der Waals surface area contributed by atoms with Gasteiger partial charge in [-0.1, -0.05) is 11.6 Å². The number of hydrogen-bond donors (Lipinski definition) is 1. The maximum absolute atomic E-state index is 14.1. The molecule has 7 nitrogen and oxygen atoms in total. The molecule has 0 bridgehead atoms. The van der Waals surface area contributed by atoms with Crippen LogP contribution in [-0.2, 0) is 11.3 Å². The van der Waals surface area contributed by atoms with Crippen LogP contribution >= 0.6 is 11.6 Å². The van der Waals surface area contributed by atoms with Crippen LogP contribution in [0.15, 0.2) is 35.1 Å². The SMILES string of the molecule is CN(C(=O)c1ccc2nn(C(F)F)c(Cl)c2c1)C1COCc2[nH]c(=O)c3cc(F)c(F)cc3c21. The van der Waals surface area contributed by atoms with Gasteiger partial charge < -0.3 is 14.6 Å². The molecule has 1 aliphatic heterocycles. The third-order valence-corrected chi connectivity index (χ3v) is 6.27. The number of pyridine rings is 1. The second-order valence-corrected chi connectivity index (χ2v) is 8.21. The summed E-state index contributed by atoms with van der Waals surface area (Å²) in [7, 11) is 1.48. The highest BCUT2D eigenvalue weighted by Gasteiger charge is 2.32. The minimum atomic E-state index is -2.95. The summed E-state index contributed by atoms with van der Waals surface area (Å²) in [4.78, 5) is 29.7. The standard InChI is InChI=1S/C22H15ClF4N4O3/c1-30(21(33)9-2-3-15-12(4-9)19(23)31(29-15)22(26)27)17-8-34-7-16-18(17)10-5-13(24)14(25)6-11(10)20(32)28-16/h2-6,17,22H,7-8H2,1H3,(H,28,32). The van der Waals surface area contributed by atoms with E-state index in [0.29, 0.717) is 15.9 Å². The Morgan fingerprint density at radius 1 is 1.21 bits per heavy atom. The summed E-state index contributed by atoms with van der Waals surface area (Å²) in [6, 6.07) is 5.17. The van der Waals surface area contributed by atoms with Crippen molar-refractivity contribution in [2.75, 3.05) is 13.7 Å². The number of nitrogens with one attached hydrogen (secondary N) is 1. The summed E-state index contributed by atoms with van der Waals surface area (Å²) in [5.41, 5.74) is 0.499. The van der Waals surface area contributed by atoms with Crippen LogP contribution in [0.3, 0.4) is 0 Å². The first-order chi connectivity index (χ1) is 16.2. The monoisotopic (exact) mass is 494 g/mol. The van der Waals surface area contributed by atoms with Crippen molar-refractivity contribution in [3.05, 3.63) is 74.3 Å². The van der Waals surface area contributed by atoms with Gasteiger partial charge in [-0.15, -0.1) is 0 Å². The molecule has 1 amide bonds. The minimum absolute atomic E-state index is 0.0203. The number of aromatic nitrogens is 3. The second kappa shape index (κ2) is 8.10. The summed E-state index contributed by atoms with van der Waals surface area (Å²) in [6.45, 7) is -2.90. The van der Waals surface area contributed by atoms with Crippen LogP contribution < -0.4 is 5.56 Å². The lowest BCUT2D eigenvalue weighted by molar-refractivity contribution is 0.0336. The van der Waals surface area contributed by atoms with E-state index >= 15 is 0 Å². The lowest BCUT2D eigenvalue weighted by Gasteiger charge is -2.34. The fraction of sp³-hybridized carbons (Fsp3) is 0.227. The Kier molecular flexibility index (Phi) is 5.33. The van der Waals surface area contributed by atoms with Gasteiger partial charge in [-0.25, -0.2) is 8.78 Å². The zero-order valence-electron chi connectivity index (χ0n) is 17.4. The highest BCUT2D eigenvalue weighted by atomic mass is 35.5. The summed E-state index contributed by atoms with van der Waals surface area (Å²) >= 11 is 6.01. The molecule has 0 spiro atoms. The number of carbonyl (C=O) groups is 1. The Morgan fingerprint density at radius 3 is 2.62 bits per heavy atom. The van der Waals surface area contributed by atoms with E-state index in [2.05, 4.69) is 10.1 Å². The van der Waals surface area contributed by atoms with Gasteiger partial charge in [0, 0.05) is 29.3 Å². The van der Waals surface area contributed by atoms with E-state index in [1.54, 1.807) is 0 Å². The molecule has 1 atom stereocenters. The average molecular weight is 495 g/mol. The quantitative estimate of drug-likeness (QED) is 0.424. The van der Waals surface area contributed by atoms with Gasteiger partial charge in [0.2, 0.25) is 0 Å². The number of benzene rings is 2. The molecule has 4 aromatic rings. The zero-order valence-corrected chi connectivity index (χ0v) is 18.2. The number of ether oxygens (including phenoxy) is 1. The number of aromatic amines is 1. The van der Waals surface area contributed by atoms with Crippen molar-refractivity contribution in [2.45, 2.75) is 19.2 Å². The largest absolute Gasteiger partial charge is 0.373 e. The van der Waals surface area contributed by atoms with Crippen LogP contribution in [0.5, 0.6) is 0 Å². The molecule has 0 saturated heterocycles. The molecule has 0 aliphatic carbocycles. The van der Waals surface area contributed by atoms with Gasteiger partial charge in [0.05, 0.1) is 30.2 Å². The average Bonchev–Trinajstić information content (AvgIpc) is 3.15. The molecule has 1 unspecified atom stereocenters. The number of carbonyl (C=O) groups excluding carboxylic acids is 1. The lowest BCUT2D eigenvalue weighted by atomic mass is 9.95. The molecule has 3 heterocycles. The summed E-state index contributed by atoms with van der Waals surface area (Å²) in [6.07, 6.45) is 0. The predicted octanol–water partition coefficient (Wildman–Crippen LogP) is 4.55. The Balaban J connectivity index is 1.59. The van der Waals surface area contributed by atoms with Crippen molar-refractivity contribution in [3.8, 4) is 0 Å². The number of fused-ring (bicyclic) bond motifs is 4. The highest BCUT2D eigenvalue weighted by Crippen LogP contribution is 2.35. The minimum Gasteiger partial charge on any atom is -0.373 e. The van der Waals surface area contributed by atoms with E-state index in [1.165, 1.54) is 30.1 Å². The van der Waals surface area contributed by atoms with Crippen LogP contribution in [0.25, 0.3) is 21.7 Å². The molecule has 1 aliphatic rings. The third-order valence-electron chi connectivity index (χ3n) is 5.90. The molecule has 12 heteroatoms. The van der Waals surface area contributed by atoms with Crippen LogP contribution in [0.2, 0.25) is 5.15 Å². The van der Waals surface area contributed by atoms with Crippen LogP contribution in [-0.4, -0.2) is 39.2 Å². The van der Waals surface area contributed by atoms with Crippen molar-refractivity contribution < 1.29 is 27.1 Å². The van der Waals surface area contributed by atoms with Gasteiger partial charge in [-0.05, 0) is 35.7 Å². The van der Waals surface area contributed by atoms with Gasteiger partial charge in [-0.2, -0.15) is 18.6 Å². The molecule has 2 aromatic heterocycles.